The Hall–Kier alpha value is -1.76. The van der Waals surface area contributed by atoms with Gasteiger partial charge in [-0.05, 0) is 12.1 Å². The van der Waals surface area contributed by atoms with Gasteiger partial charge >= 0.3 is 10.1 Å². The zero-order valence-electron chi connectivity index (χ0n) is 7.93. The predicted molar refractivity (Wildman–Crippen MR) is 54.8 cm³/mol. The fraction of sp³-hybridized carbons (Fsp3) is 0.125. The first-order valence-corrected chi connectivity index (χ1v) is 5.70. The molecule has 0 unspecified atom stereocenters. The molecule has 0 aliphatic carbocycles. The molecule has 4 N–H and O–H groups in total. The van der Waals surface area contributed by atoms with E-state index < -0.39 is 16.0 Å². The first-order chi connectivity index (χ1) is 6.79. The van der Waals surface area contributed by atoms with Gasteiger partial charge in [0, 0.05) is 11.8 Å². The van der Waals surface area contributed by atoms with Crippen molar-refractivity contribution in [2.24, 2.45) is 5.73 Å². The highest BCUT2D eigenvalue weighted by Gasteiger charge is 2.13. The lowest BCUT2D eigenvalue weighted by Gasteiger charge is -2.07. The second kappa shape index (κ2) is 3.77. The van der Waals surface area contributed by atoms with Gasteiger partial charge in [-0.3, -0.25) is 4.79 Å². The molecule has 0 atom stereocenters. The van der Waals surface area contributed by atoms with E-state index in [1.165, 1.54) is 18.2 Å². The van der Waals surface area contributed by atoms with Crippen LogP contribution in [0.25, 0.3) is 0 Å². The number of hydrogen-bond donors (Lipinski definition) is 2. The van der Waals surface area contributed by atoms with Gasteiger partial charge in [-0.1, -0.05) is 0 Å². The standard InChI is InChI=1S/C8H10N2O4S/c1-15(12,13)14-7-4-5(9)2-3-6(7)8(10)11/h2-4H,9H2,1H3,(H2,10,11). The molecule has 0 spiro atoms. The third-order valence-corrected chi connectivity index (χ3v) is 1.99. The third-order valence-electron chi connectivity index (χ3n) is 1.51. The maximum Gasteiger partial charge on any atom is 0.306 e. The van der Waals surface area contributed by atoms with Gasteiger partial charge in [-0.15, -0.1) is 0 Å². The monoisotopic (exact) mass is 230 g/mol. The smallest absolute Gasteiger partial charge is 0.306 e. The second-order valence-electron chi connectivity index (χ2n) is 2.91. The maximum atomic E-state index is 10.9. The van der Waals surface area contributed by atoms with Gasteiger partial charge < -0.3 is 15.7 Å². The molecular weight excluding hydrogens is 220 g/mol. The summed E-state index contributed by atoms with van der Waals surface area (Å²) in [7, 11) is -3.71. The number of carbonyl (C=O) groups excluding carboxylic acids is 1. The van der Waals surface area contributed by atoms with Crippen LogP contribution < -0.4 is 15.7 Å². The summed E-state index contributed by atoms with van der Waals surface area (Å²) in [6.07, 6.45) is 0.862. The molecule has 6 nitrogen and oxygen atoms in total. The summed E-state index contributed by atoms with van der Waals surface area (Å²) in [4.78, 5) is 10.9. The summed E-state index contributed by atoms with van der Waals surface area (Å²) in [6.45, 7) is 0. The second-order valence-corrected chi connectivity index (χ2v) is 4.48. The van der Waals surface area contributed by atoms with Crippen molar-refractivity contribution < 1.29 is 17.4 Å². The van der Waals surface area contributed by atoms with Gasteiger partial charge in [0.2, 0.25) is 0 Å². The van der Waals surface area contributed by atoms with E-state index in [1.807, 2.05) is 0 Å². The Morgan fingerprint density at radius 1 is 1.40 bits per heavy atom. The average Bonchev–Trinajstić information content (AvgIpc) is 1.99. The van der Waals surface area contributed by atoms with E-state index in [4.69, 9.17) is 11.5 Å². The van der Waals surface area contributed by atoms with Gasteiger partial charge in [0.15, 0.2) is 5.75 Å². The Bertz CT molecular complexity index is 495. The maximum absolute atomic E-state index is 10.9. The molecule has 0 aromatic heterocycles. The molecule has 0 aliphatic heterocycles. The van der Waals surface area contributed by atoms with E-state index in [1.54, 1.807) is 0 Å². The molecule has 1 aromatic carbocycles. The van der Waals surface area contributed by atoms with E-state index in [0.717, 1.165) is 6.26 Å². The summed E-state index contributed by atoms with van der Waals surface area (Å²) in [5.74, 6) is -0.946. The van der Waals surface area contributed by atoms with Crippen LogP contribution in [-0.2, 0) is 10.1 Å². The fourth-order valence-electron chi connectivity index (χ4n) is 0.975. The minimum atomic E-state index is -3.71. The Kier molecular flexibility index (Phi) is 2.85. The lowest BCUT2D eigenvalue weighted by molar-refractivity contribution is 0.0999. The van der Waals surface area contributed by atoms with Crippen molar-refractivity contribution >= 4 is 21.7 Å². The molecule has 0 saturated heterocycles. The molecule has 0 saturated carbocycles. The first-order valence-electron chi connectivity index (χ1n) is 3.88. The molecular formula is C8H10N2O4S. The molecule has 1 amide bonds. The van der Waals surface area contributed by atoms with Crippen LogP contribution in [0.5, 0.6) is 5.75 Å². The quantitative estimate of drug-likeness (QED) is 0.547. The number of hydrogen-bond acceptors (Lipinski definition) is 5. The van der Waals surface area contributed by atoms with E-state index in [0.29, 0.717) is 0 Å². The van der Waals surface area contributed by atoms with Crippen LogP contribution in [0.4, 0.5) is 5.69 Å². The van der Waals surface area contributed by atoms with Crippen molar-refractivity contribution in [3.8, 4) is 5.75 Å². The molecule has 0 bridgehead atoms. The van der Waals surface area contributed by atoms with E-state index in [-0.39, 0.29) is 17.0 Å². The fourth-order valence-corrected chi connectivity index (χ4v) is 1.44. The number of benzene rings is 1. The van der Waals surface area contributed by atoms with Crippen LogP contribution in [0.1, 0.15) is 10.4 Å². The van der Waals surface area contributed by atoms with Crippen LogP contribution in [0.15, 0.2) is 18.2 Å². The molecule has 1 aromatic rings. The van der Waals surface area contributed by atoms with Crippen LogP contribution in [0.2, 0.25) is 0 Å². The zero-order valence-corrected chi connectivity index (χ0v) is 8.74. The Morgan fingerprint density at radius 3 is 2.47 bits per heavy atom. The predicted octanol–water partition coefficient (Wildman–Crippen LogP) is -0.294. The first kappa shape index (κ1) is 11.3. The summed E-state index contributed by atoms with van der Waals surface area (Å²) in [5.41, 5.74) is 10.7. The van der Waals surface area contributed by atoms with Gasteiger partial charge in [0.05, 0.1) is 11.8 Å². The lowest BCUT2D eigenvalue weighted by Crippen LogP contribution is -2.15. The minimum Gasteiger partial charge on any atom is -0.399 e. The van der Waals surface area contributed by atoms with Crippen molar-refractivity contribution in [2.45, 2.75) is 0 Å². The molecule has 82 valence electrons. The Morgan fingerprint density at radius 2 is 2.00 bits per heavy atom. The van der Waals surface area contributed by atoms with Crippen molar-refractivity contribution in [3.05, 3.63) is 23.8 Å². The summed E-state index contributed by atoms with van der Waals surface area (Å²) in [6, 6.07) is 3.95. The van der Waals surface area contributed by atoms with Gasteiger partial charge in [-0.25, -0.2) is 0 Å². The number of primary amides is 1. The van der Waals surface area contributed by atoms with Crippen molar-refractivity contribution in [3.63, 3.8) is 0 Å². The number of anilines is 1. The van der Waals surface area contributed by atoms with Crippen molar-refractivity contribution in [1.82, 2.24) is 0 Å². The molecule has 0 radical (unpaired) electrons. The zero-order chi connectivity index (χ0) is 11.6. The number of nitrogens with two attached hydrogens (primary N) is 2. The summed E-state index contributed by atoms with van der Waals surface area (Å²) >= 11 is 0. The van der Waals surface area contributed by atoms with Crippen molar-refractivity contribution in [2.75, 3.05) is 12.0 Å². The number of nitrogen functional groups attached to an aromatic ring is 1. The highest BCUT2D eigenvalue weighted by Crippen LogP contribution is 2.22. The number of rotatable bonds is 3. The summed E-state index contributed by atoms with van der Waals surface area (Å²) in [5, 5.41) is 0. The Balaban J connectivity index is 3.25. The average molecular weight is 230 g/mol. The molecule has 1 rings (SSSR count). The third kappa shape index (κ3) is 3.13. The van der Waals surface area contributed by atoms with E-state index in [9.17, 15) is 13.2 Å². The van der Waals surface area contributed by atoms with Crippen LogP contribution in [-0.4, -0.2) is 20.6 Å². The molecule has 15 heavy (non-hydrogen) atoms. The highest BCUT2D eigenvalue weighted by atomic mass is 32.2. The lowest BCUT2D eigenvalue weighted by atomic mass is 10.2. The minimum absolute atomic E-state index is 0.0328. The molecule has 7 heteroatoms. The molecule has 0 aliphatic rings. The van der Waals surface area contributed by atoms with Crippen LogP contribution >= 0.6 is 0 Å². The topological polar surface area (TPSA) is 112 Å². The van der Waals surface area contributed by atoms with Gasteiger partial charge in [0.1, 0.15) is 0 Å². The van der Waals surface area contributed by atoms with Crippen LogP contribution in [0, 0.1) is 0 Å². The Labute approximate surface area is 87.0 Å². The van der Waals surface area contributed by atoms with Gasteiger partial charge in [-0.2, -0.15) is 8.42 Å². The molecule has 0 fully saturated rings. The number of carbonyl (C=O) groups is 1. The van der Waals surface area contributed by atoms with E-state index in [2.05, 4.69) is 4.18 Å². The van der Waals surface area contributed by atoms with E-state index >= 15 is 0 Å². The normalized spacial score (nSPS) is 11.0. The number of amides is 1. The van der Waals surface area contributed by atoms with Crippen LogP contribution in [0.3, 0.4) is 0 Å². The molecule has 0 heterocycles. The largest absolute Gasteiger partial charge is 0.399 e. The summed E-state index contributed by atoms with van der Waals surface area (Å²) < 4.78 is 26.3. The van der Waals surface area contributed by atoms with Crippen molar-refractivity contribution in [1.29, 1.82) is 0 Å². The SMILES string of the molecule is CS(=O)(=O)Oc1cc(N)ccc1C(N)=O. The highest BCUT2D eigenvalue weighted by molar-refractivity contribution is 7.86. The van der Waals surface area contributed by atoms with Gasteiger partial charge in [0.25, 0.3) is 5.91 Å².